The third-order valence-corrected chi connectivity index (χ3v) is 6.16. The molecular weight excluding hydrogens is 488 g/mol. The molecule has 0 unspecified atom stereocenters. The molecule has 2 heterocycles. The SMILES string of the molecule is Cc1ccc(-n2c(=O)c3ccc(C(=O)NCc4ccco4)cc3n(Cc3cccc([N+](=O)[O-])c3)c2=O)cc1. The van der Waals surface area contributed by atoms with Gasteiger partial charge in [0.25, 0.3) is 17.2 Å². The van der Waals surface area contributed by atoms with Crippen molar-refractivity contribution in [2.24, 2.45) is 0 Å². The molecular formula is C28H22N4O6. The van der Waals surface area contributed by atoms with E-state index < -0.39 is 22.1 Å². The van der Waals surface area contributed by atoms with Crippen molar-refractivity contribution < 1.29 is 14.1 Å². The fourth-order valence-corrected chi connectivity index (χ4v) is 4.22. The van der Waals surface area contributed by atoms with Crippen LogP contribution in [-0.2, 0) is 13.1 Å². The van der Waals surface area contributed by atoms with E-state index >= 15 is 0 Å². The number of carbonyl (C=O) groups is 1. The van der Waals surface area contributed by atoms with Crippen molar-refractivity contribution in [3.8, 4) is 5.69 Å². The Morgan fingerprint density at radius 2 is 1.79 bits per heavy atom. The van der Waals surface area contributed by atoms with Crippen LogP contribution in [0.4, 0.5) is 5.69 Å². The number of hydrogen-bond acceptors (Lipinski definition) is 6. The molecule has 0 spiro atoms. The lowest BCUT2D eigenvalue weighted by atomic mass is 10.1. The number of benzene rings is 3. The number of hydrogen-bond donors (Lipinski definition) is 1. The Balaban J connectivity index is 1.66. The van der Waals surface area contributed by atoms with E-state index in [1.165, 1.54) is 47.2 Å². The summed E-state index contributed by atoms with van der Waals surface area (Å²) in [6.45, 7) is 2.01. The number of fused-ring (bicyclic) bond motifs is 1. The zero-order chi connectivity index (χ0) is 26.8. The molecule has 38 heavy (non-hydrogen) atoms. The van der Waals surface area contributed by atoms with Gasteiger partial charge in [-0.1, -0.05) is 29.8 Å². The Morgan fingerprint density at radius 1 is 1.00 bits per heavy atom. The molecule has 0 radical (unpaired) electrons. The standard InChI is InChI=1S/C28H22N4O6/c1-18-7-10-21(11-8-18)31-27(34)24-12-9-20(26(33)29-16-23-6-3-13-38-23)15-25(24)30(28(31)35)17-19-4-2-5-22(14-19)32(36)37/h2-15H,16-17H2,1H3,(H,29,33). The van der Waals surface area contributed by atoms with Crippen LogP contribution in [-0.4, -0.2) is 20.0 Å². The Kier molecular flexibility index (Phi) is 6.44. The second-order valence-electron chi connectivity index (χ2n) is 8.77. The number of nitrogens with zero attached hydrogens (tertiary/aromatic N) is 3. The maximum Gasteiger partial charge on any atom is 0.336 e. The zero-order valence-electron chi connectivity index (χ0n) is 20.3. The van der Waals surface area contributed by atoms with Crippen LogP contribution in [0.3, 0.4) is 0 Å². The van der Waals surface area contributed by atoms with Gasteiger partial charge in [0.1, 0.15) is 5.76 Å². The van der Waals surface area contributed by atoms with Gasteiger partial charge in [-0.2, -0.15) is 0 Å². The summed E-state index contributed by atoms with van der Waals surface area (Å²) in [7, 11) is 0. The molecule has 0 aliphatic heterocycles. The van der Waals surface area contributed by atoms with E-state index in [0.29, 0.717) is 17.0 Å². The number of furan rings is 1. The molecule has 0 aliphatic carbocycles. The fourth-order valence-electron chi connectivity index (χ4n) is 4.22. The highest BCUT2D eigenvalue weighted by molar-refractivity contribution is 5.97. The quantitative estimate of drug-likeness (QED) is 0.261. The van der Waals surface area contributed by atoms with Gasteiger partial charge in [0.2, 0.25) is 0 Å². The van der Waals surface area contributed by atoms with Crippen molar-refractivity contribution >= 4 is 22.5 Å². The topological polar surface area (TPSA) is 129 Å². The number of aryl methyl sites for hydroxylation is 1. The molecule has 190 valence electrons. The number of nitro groups is 1. The van der Waals surface area contributed by atoms with E-state index in [-0.39, 0.29) is 35.2 Å². The lowest BCUT2D eigenvalue weighted by molar-refractivity contribution is -0.384. The number of amides is 1. The van der Waals surface area contributed by atoms with Crippen LogP contribution in [0.1, 0.15) is 27.2 Å². The highest BCUT2D eigenvalue weighted by atomic mass is 16.6. The molecule has 1 amide bonds. The Morgan fingerprint density at radius 3 is 2.50 bits per heavy atom. The Bertz CT molecular complexity index is 1780. The van der Waals surface area contributed by atoms with Crippen molar-refractivity contribution in [2.45, 2.75) is 20.0 Å². The first-order valence-electron chi connectivity index (χ1n) is 11.7. The summed E-state index contributed by atoms with van der Waals surface area (Å²) in [5, 5.41) is 14.3. The van der Waals surface area contributed by atoms with Gasteiger partial charge in [-0.05, 0) is 55.0 Å². The van der Waals surface area contributed by atoms with Crippen molar-refractivity contribution in [1.82, 2.24) is 14.5 Å². The van der Waals surface area contributed by atoms with Crippen LogP contribution in [0.15, 0.2) is 99.1 Å². The summed E-state index contributed by atoms with van der Waals surface area (Å²) in [5.41, 5.74) is 1.03. The van der Waals surface area contributed by atoms with Gasteiger partial charge in [-0.15, -0.1) is 0 Å². The molecule has 0 bridgehead atoms. The maximum absolute atomic E-state index is 13.8. The number of aromatic nitrogens is 2. The normalized spacial score (nSPS) is 11.0. The number of rotatable bonds is 7. The number of carbonyl (C=O) groups excluding carboxylic acids is 1. The minimum Gasteiger partial charge on any atom is -0.467 e. The van der Waals surface area contributed by atoms with E-state index in [9.17, 15) is 24.5 Å². The monoisotopic (exact) mass is 510 g/mol. The molecule has 2 aromatic heterocycles. The Labute approximate surface area is 215 Å². The van der Waals surface area contributed by atoms with Gasteiger partial charge in [-0.3, -0.25) is 24.3 Å². The summed E-state index contributed by atoms with van der Waals surface area (Å²) in [6.07, 6.45) is 1.50. The molecule has 10 heteroatoms. The number of nitrogens with one attached hydrogen (secondary N) is 1. The molecule has 3 aromatic carbocycles. The fraction of sp³-hybridized carbons (Fsp3) is 0.107. The molecule has 0 saturated heterocycles. The summed E-state index contributed by atoms with van der Waals surface area (Å²) in [6, 6.07) is 20.8. The van der Waals surface area contributed by atoms with Crippen molar-refractivity contribution in [3.63, 3.8) is 0 Å². The van der Waals surface area contributed by atoms with E-state index in [2.05, 4.69) is 5.32 Å². The average Bonchev–Trinajstić information content (AvgIpc) is 3.44. The first-order valence-corrected chi connectivity index (χ1v) is 11.7. The summed E-state index contributed by atoms with van der Waals surface area (Å²) in [4.78, 5) is 50.9. The molecule has 0 aliphatic rings. The minimum atomic E-state index is -0.633. The average molecular weight is 511 g/mol. The zero-order valence-corrected chi connectivity index (χ0v) is 20.3. The Hall–Kier alpha value is -5.25. The second-order valence-corrected chi connectivity index (χ2v) is 8.77. The second kappa shape index (κ2) is 10.0. The van der Waals surface area contributed by atoms with Crippen LogP contribution in [0, 0.1) is 17.0 Å². The summed E-state index contributed by atoms with van der Waals surface area (Å²) >= 11 is 0. The largest absolute Gasteiger partial charge is 0.467 e. The van der Waals surface area contributed by atoms with E-state index in [4.69, 9.17) is 4.42 Å². The predicted molar refractivity (Wildman–Crippen MR) is 141 cm³/mol. The molecule has 1 N–H and O–H groups in total. The van der Waals surface area contributed by atoms with Gasteiger partial charge in [0, 0.05) is 17.7 Å². The van der Waals surface area contributed by atoms with E-state index in [0.717, 1.165) is 10.1 Å². The summed E-state index contributed by atoms with van der Waals surface area (Å²) in [5.74, 6) is 0.156. The van der Waals surface area contributed by atoms with E-state index in [1.807, 2.05) is 6.92 Å². The highest BCUT2D eigenvalue weighted by Crippen LogP contribution is 2.18. The van der Waals surface area contributed by atoms with Crippen LogP contribution in [0.25, 0.3) is 16.6 Å². The predicted octanol–water partition coefficient (Wildman–Crippen LogP) is 3.94. The van der Waals surface area contributed by atoms with Crippen LogP contribution in [0.2, 0.25) is 0 Å². The van der Waals surface area contributed by atoms with Crippen molar-refractivity contribution in [1.29, 1.82) is 0 Å². The first kappa shape index (κ1) is 24.4. The smallest absolute Gasteiger partial charge is 0.336 e. The number of non-ortho nitro benzene ring substituents is 1. The number of nitro benzene ring substituents is 1. The van der Waals surface area contributed by atoms with Gasteiger partial charge in [-0.25, -0.2) is 9.36 Å². The molecule has 0 saturated carbocycles. The molecule has 10 nitrogen and oxygen atoms in total. The van der Waals surface area contributed by atoms with Crippen LogP contribution >= 0.6 is 0 Å². The molecule has 0 fully saturated rings. The third kappa shape index (κ3) is 4.74. The van der Waals surface area contributed by atoms with Gasteiger partial charge >= 0.3 is 5.69 Å². The third-order valence-electron chi connectivity index (χ3n) is 6.16. The van der Waals surface area contributed by atoms with Crippen molar-refractivity contribution in [3.05, 3.63) is 139 Å². The summed E-state index contributed by atoms with van der Waals surface area (Å²) < 4.78 is 7.66. The molecule has 5 rings (SSSR count). The minimum absolute atomic E-state index is 0.0549. The van der Waals surface area contributed by atoms with E-state index in [1.54, 1.807) is 42.5 Å². The van der Waals surface area contributed by atoms with Gasteiger partial charge in [0.15, 0.2) is 0 Å². The molecule has 0 atom stereocenters. The first-order chi connectivity index (χ1) is 18.3. The molecule has 5 aromatic rings. The van der Waals surface area contributed by atoms with Gasteiger partial charge in [0.05, 0.1) is 40.9 Å². The van der Waals surface area contributed by atoms with Gasteiger partial charge < -0.3 is 9.73 Å². The lowest BCUT2D eigenvalue weighted by Crippen LogP contribution is -2.39. The lowest BCUT2D eigenvalue weighted by Gasteiger charge is -2.15. The van der Waals surface area contributed by atoms with Crippen molar-refractivity contribution in [2.75, 3.05) is 0 Å². The van der Waals surface area contributed by atoms with Crippen LogP contribution in [0.5, 0.6) is 0 Å². The highest BCUT2D eigenvalue weighted by Gasteiger charge is 2.18. The maximum atomic E-state index is 13.8. The van der Waals surface area contributed by atoms with Crippen LogP contribution < -0.4 is 16.6 Å².